The molecule has 0 atom stereocenters. The first-order valence-electron chi connectivity index (χ1n) is 11.0. The Bertz CT molecular complexity index is 1460. The number of carbonyl (C=O) groups is 4. The van der Waals surface area contributed by atoms with Crippen LogP contribution in [0.4, 0.5) is 21.9 Å². The van der Waals surface area contributed by atoms with Gasteiger partial charge < -0.3 is 10.1 Å². The van der Waals surface area contributed by atoms with Gasteiger partial charge in [0.1, 0.15) is 11.3 Å². The van der Waals surface area contributed by atoms with Crippen LogP contribution in [-0.4, -0.2) is 35.3 Å². The monoisotopic (exact) mass is 500 g/mol. The lowest BCUT2D eigenvalue weighted by Crippen LogP contribution is -2.54. The molecular weight excluding hydrogens is 480 g/mol. The lowest BCUT2D eigenvalue weighted by molar-refractivity contribution is -0.384. The molecular formula is C26H20N4O7. The lowest BCUT2D eigenvalue weighted by atomic mass is 10.1. The molecule has 0 bridgehead atoms. The first-order valence-corrected chi connectivity index (χ1v) is 11.0. The fourth-order valence-electron chi connectivity index (χ4n) is 3.57. The van der Waals surface area contributed by atoms with Crippen LogP contribution in [0.25, 0.3) is 6.08 Å². The summed E-state index contributed by atoms with van der Waals surface area (Å²) in [6.45, 7) is 1.51. The Morgan fingerprint density at radius 3 is 2.54 bits per heavy atom. The van der Waals surface area contributed by atoms with Gasteiger partial charge in [-0.1, -0.05) is 42.5 Å². The summed E-state index contributed by atoms with van der Waals surface area (Å²) in [7, 11) is 0. The number of carbonyl (C=O) groups excluding carboxylic acids is 4. The van der Waals surface area contributed by atoms with Crippen molar-refractivity contribution < 1.29 is 28.8 Å². The summed E-state index contributed by atoms with van der Waals surface area (Å²) in [4.78, 5) is 61.6. The number of hydrogen-bond acceptors (Lipinski definition) is 7. The summed E-state index contributed by atoms with van der Waals surface area (Å²) in [6, 6.07) is 17.5. The topological polar surface area (TPSA) is 148 Å². The number of amides is 5. The number of rotatable bonds is 7. The van der Waals surface area contributed by atoms with E-state index < -0.39 is 34.2 Å². The molecule has 3 aromatic rings. The summed E-state index contributed by atoms with van der Waals surface area (Å²) >= 11 is 0. The van der Waals surface area contributed by atoms with E-state index in [-0.39, 0.29) is 23.7 Å². The van der Waals surface area contributed by atoms with Crippen LogP contribution in [-0.2, 0) is 14.4 Å². The Hall–Kier alpha value is -5.32. The Labute approximate surface area is 210 Å². The van der Waals surface area contributed by atoms with E-state index in [0.29, 0.717) is 16.2 Å². The molecule has 0 aliphatic carbocycles. The van der Waals surface area contributed by atoms with Gasteiger partial charge in [0.15, 0.2) is 6.61 Å². The minimum absolute atomic E-state index is 0.0764. The molecule has 0 radical (unpaired) electrons. The standard InChI is InChI=1S/C26H20N4O7/c1-16-7-2-4-11-21(16)27-23(31)15-37-22-12-5-3-8-17(22)13-20-24(32)28-26(34)29(25(20)33)18-9-6-10-19(14-18)30(35)36/h2-14H,15H2,1H3,(H,27,31)(H,28,32,34)/b20-13-. The van der Waals surface area contributed by atoms with Gasteiger partial charge in [0.2, 0.25) is 0 Å². The molecule has 11 heteroatoms. The fraction of sp³-hybridized carbons (Fsp3) is 0.0769. The van der Waals surface area contributed by atoms with Crippen LogP contribution in [0.5, 0.6) is 5.75 Å². The molecule has 0 saturated carbocycles. The number of non-ortho nitro benzene ring substituents is 1. The van der Waals surface area contributed by atoms with Crippen molar-refractivity contribution in [1.82, 2.24) is 5.32 Å². The molecule has 0 aromatic heterocycles. The van der Waals surface area contributed by atoms with E-state index >= 15 is 0 Å². The number of nitrogens with zero attached hydrogens (tertiary/aromatic N) is 2. The summed E-state index contributed by atoms with van der Waals surface area (Å²) in [5.74, 6) is -2.11. The van der Waals surface area contributed by atoms with Gasteiger partial charge in [-0.15, -0.1) is 0 Å². The van der Waals surface area contributed by atoms with Crippen LogP contribution in [0.3, 0.4) is 0 Å². The Kier molecular flexibility index (Phi) is 7.05. The molecule has 37 heavy (non-hydrogen) atoms. The number of ether oxygens (including phenoxy) is 1. The third-order valence-electron chi connectivity index (χ3n) is 5.40. The predicted molar refractivity (Wildman–Crippen MR) is 134 cm³/mol. The highest BCUT2D eigenvalue weighted by Crippen LogP contribution is 2.27. The zero-order chi connectivity index (χ0) is 26.5. The Morgan fingerprint density at radius 1 is 1.05 bits per heavy atom. The van der Waals surface area contributed by atoms with Gasteiger partial charge in [0.05, 0.1) is 10.6 Å². The second-order valence-corrected chi connectivity index (χ2v) is 7.92. The van der Waals surface area contributed by atoms with E-state index in [1.807, 2.05) is 19.1 Å². The number of para-hydroxylation sites is 2. The second-order valence-electron chi connectivity index (χ2n) is 7.92. The molecule has 4 rings (SSSR count). The largest absolute Gasteiger partial charge is 0.483 e. The molecule has 0 spiro atoms. The third kappa shape index (κ3) is 5.51. The van der Waals surface area contributed by atoms with Gasteiger partial charge in [0, 0.05) is 23.4 Å². The Balaban J connectivity index is 1.57. The molecule has 186 valence electrons. The van der Waals surface area contributed by atoms with Gasteiger partial charge >= 0.3 is 6.03 Å². The van der Waals surface area contributed by atoms with E-state index in [0.717, 1.165) is 11.6 Å². The molecule has 11 nitrogen and oxygen atoms in total. The quantitative estimate of drug-likeness (QED) is 0.218. The van der Waals surface area contributed by atoms with Gasteiger partial charge in [0.25, 0.3) is 23.4 Å². The van der Waals surface area contributed by atoms with E-state index in [9.17, 15) is 29.3 Å². The third-order valence-corrected chi connectivity index (χ3v) is 5.40. The lowest BCUT2D eigenvalue weighted by Gasteiger charge is -2.26. The number of aryl methyl sites for hydroxylation is 1. The molecule has 1 aliphatic heterocycles. The Morgan fingerprint density at radius 2 is 1.78 bits per heavy atom. The molecule has 1 aliphatic rings. The highest BCUT2D eigenvalue weighted by atomic mass is 16.6. The summed E-state index contributed by atoms with van der Waals surface area (Å²) in [6.07, 6.45) is 1.23. The van der Waals surface area contributed by atoms with E-state index in [1.165, 1.54) is 24.3 Å². The van der Waals surface area contributed by atoms with Gasteiger partial charge in [-0.3, -0.25) is 29.8 Å². The van der Waals surface area contributed by atoms with E-state index in [4.69, 9.17) is 4.74 Å². The van der Waals surface area contributed by atoms with E-state index in [1.54, 1.807) is 36.4 Å². The van der Waals surface area contributed by atoms with Crippen LogP contribution >= 0.6 is 0 Å². The van der Waals surface area contributed by atoms with Crippen molar-refractivity contribution in [1.29, 1.82) is 0 Å². The number of anilines is 2. The normalized spacial score (nSPS) is 14.4. The second kappa shape index (κ2) is 10.5. The number of nitro groups is 1. The van der Waals surface area contributed by atoms with Crippen LogP contribution in [0, 0.1) is 17.0 Å². The molecule has 0 unspecified atom stereocenters. The molecule has 1 saturated heterocycles. The summed E-state index contributed by atoms with van der Waals surface area (Å²) in [5, 5.41) is 15.9. The van der Waals surface area contributed by atoms with Crippen LogP contribution in [0.15, 0.2) is 78.4 Å². The maximum atomic E-state index is 13.1. The highest BCUT2D eigenvalue weighted by Gasteiger charge is 2.37. The first kappa shape index (κ1) is 24.8. The summed E-state index contributed by atoms with van der Waals surface area (Å²) in [5.41, 5.74) is 1.02. The number of hydrogen-bond donors (Lipinski definition) is 2. The van der Waals surface area contributed by atoms with Crippen LogP contribution in [0.2, 0.25) is 0 Å². The molecule has 2 N–H and O–H groups in total. The van der Waals surface area contributed by atoms with Gasteiger partial charge in [-0.2, -0.15) is 0 Å². The van der Waals surface area contributed by atoms with Crippen molar-refractivity contribution in [3.05, 3.63) is 99.6 Å². The number of urea groups is 1. The molecule has 1 fully saturated rings. The zero-order valence-electron chi connectivity index (χ0n) is 19.5. The van der Waals surface area contributed by atoms with E-state index in [2.05, 4.69) is 10.6 Å². The zero-order valence-corrected chi connectivity index (χ0v) is 19.5. The van der Waals surface area contributed by atoms with Gasteiger partial charge in [-0.05, 0) is 36.8 Å². The SMILES string of the molecule is Cc1ccccc1NC(=O)COc1ccccc1/C=C1/C(=O)NC(=O)N(c2cccc([N+](=O)[O-])c2)C1=O. The van der Waals surface area contributed by atoms with Crippen molar-refractivity contribution in [3.8, 4) is 5.75 Å². The fourth-order valence-corrected chi connectivity index (χ4v) is 3.57. The van der Waals surface area contributed by atoms with Crippen molar-refractivity contribution in [2.75, 3.05) is 16.8 Å². The van der Waals surface area contributed by atoms with Crippen molar-refractivity contribution in [3.63, 3.8) is 0 Å². The van der Waals surface area contributed by atoms with Gasteiger partial charge in [-0.25, -0.2) is 9.69 Å². The summed E-state index contributed by atoms with van der Waals surface area (Å²) < 4.78 is 5.64. The smallest absolute Gasteiger partial charge is 0.335 e. The number of imide groups is 2. The molecule has 5 amide bonds. The van der Waals surface area contributed by atoms with Crippen LogP contribution < -0.4 is 20.3 Å². The van der Waals surface area contributed by atoms with Crippen molar-refractivity contribution in [2.24, 2.45) is 0 Å². The number of nitro benzene ring substituents is 1. The number of nitrogens with one attached hydrogen (secondary N) is 2. The van der Waals surface area contributed by atoms with Crippen LogP contribution in [0.1, 0.15) is 11.1 Å². The first-order chi connectivity index (χ1) is 17.7. The number of benzene rings is 3. The highest BCUT2D eigenvalue weighted by molar-refractivity contribution is 6.39. The maximum Gasteiger partial charge on any atom is 0.335 e. The average Bonchev–Trinajstić information content (AvgIpc) is 2.87. The van der Waals surface area contributed by atoms with Crippen molar-refractivity contribution in [2.45, 2.75) is 6.92 Å². The molecule has 1 heterocycles. The number of barbiturate groups is 1. The van der Waals surface area contributed by atoms with Crippen molar-refractivity contribution >= 4 is 46.9 Å². The minimum Gasteiger partial charge on any atom is -0.483 e. The average molecular weight is 500 g/mol. The predicted octanol–water partition coefficient (Wildman–Crippen LogP) is 3.59. The minimum atomic E-state index is -1.04. The molecule has 3 aromatic carbocycles. The maximum absolute atomic E-state index is 13.1.